The number of benzene rings is 1. The van der Waals surface area contributed by atoms with Gasteiger partial charge in [-0.2, -0.15) is 5.10 Å². The molecule has 19 heavy (non-hydrogen) atoms. The van der Waals surface area contributed by atoms with Crippen LogP contribution in [0.1, 0.15) is 30.2 Å². The second kappa shape index (κ2) is 5.14. The summed E-state index contributed by atoms with van der Waals surface area (Å²) in [5, 5.41) is 13.6. The van der Waals surface area contributed by atoms with Crippen LogP contribution in [-0.4, -0.2) is 28.0 Å². The van der Waals surface area contributed by atoms with Crippen LogP contribution < -0.4 is 4.74 Å². The van der Waals surface area contributed by atoms with Crippen LogP contribution in [0.5, 0.6) is 5.75 Å². The molecule has 1 N–H and O–H groups in total. The molecular weight excluding hydrogens is 244 g/mol. The molecule has 1 aromatic heterocycles. The third-order valence-electron chi connectivity index (χ3n) is 2.85. The Kier molecular flexibility index (Phi) is 3.55. The van der Waals surface area contributed by atoms with Crippen molar-refractivity contribution in [3.63, 3.8) is 0 Å². The number of methoxy groups -OCH3 is 1. The van der Waals surface area contributed by atoms with Crippen LogP contribution in [-0.2, 0) is 0 Å². The zero-order valence-corrected chi connectivity index (χ0v) is 11.1. The molecule has 0 spiro atoms. The summed E-state index contributed by atoms with van der Waals surface area (Å²) in [4.78, 5) is 11.3. The zero-order valence-electron chi connectivity index (χ0n) is 11.1. The lowest BCUT2D eigenvalue weighted by atomic mass is 10.1. The summed E-state index contributed by atoms with van der Waals surface area (Å²) < 4.78 is 6.74. The van der Waals surface area contributed by atoms with Gasteiger partial charge in [0.2, 0.25) is 0 Å². The van der Waals surface area contributed by atoms with E-state index in [1.807, 2.05) is 13.8 Å². The molecule has 0 unspecified atom stereocenters. The summed E-state index contributed by atoms with van der Waals surface area (Å²) >= 11 is 0. The minimum Gasteiger partial charge on any atom is -0.497 e. The molecule has 1 heterocycles. The fraction of sp³-hybridized carbons (Fsp3) is 0.286. The smallest absolute Gasteiger partial charge is 0.339 e. The number of hydrogen-bond donors (Lipinski definition) is 1. The van der Waals surface area contributed by atoms with Crippen LogP contribution in [0.4, 0.5) is 0 Å². The average Bonchev–Trinajstić information content (AvgIpc) is 2.84. The molecule has 2 rings (SSSR count). The second-order valence-corrected chi connectivity index (χ2v) is 4.50. The van der Waals surface area contributed by atoms with E-state index in [0.717, 1.165) is 11.3 Å². The van der Waals surface area contributed by atoms with Gasteiger partial charge in [0.1, 0.15) is 17.0 Å². The Labute approximate surface area is 111 Å². The van der Waals surface area contributed by atoms with Gasteiger partial charge in [-0.05, 0) is 38.1 Å². The van der Waals surface area contributed by atoms with E-state index >= 15 is 0 Å². The molecule has 0 fully saturated rings. The number of carboxylic acids is 1. The Balaban J connectivity index is 2.49. The summed E-state index contributed by atoms with van der Waals surface area (Å²) in [5.74, 6) is -0.248. The van der Waals surface area contributed by atoms with Crippen molar-refractivity contribution in [3.8, 4) is 17.0 Å². The van der Waals surface area contributed by atoms with E-state index in [9.17, 15) is 9.90 Å². The Morgan fingerprint density at radius 2 is 1.95 bits per heavy atom. The van der Waals surface area contributed by atoms with Gasteiger partial charge in [0.05, 0.1) is 7.11 Å². The molecule has 1 aromatic carbocycles. The Bertz CT molecular complexity index is 585. The molecule has 0 bridgehead atoms. The van der Waals surface area contributed by atoms with Crippen LogP contribution >= 0.6 is 0 Å². The summed E-state index contributed by atoms with van der Waals surface area (Å²) in [6.07, 6.45) is 1.56. The molecule has 5 nitrogen and oxygen atoms in total. The van der Waals surface area contributed by atoms with Crippen molar-refractivity contribution in [1.82, 2.24) is 9.78 Å². The second-order valence-electron chi connectivity index (χ2n) is 4.50. The van der Waals surface area contributed by atoms with Crippen LogP contribution in [0, 0.1) is 0 Å². The van der Waals surface area contributed by atoms with Crippen molar-refractivity contribution in [2.45, 2.75) is 19.9 Å². The SMILES string of the molecule is COc1ccc(-c2nn(C(C)C)cc2C(=O)O)cc1. The van der Waals surface area contributed by atoms with Gasteiger partial charge in [-0.3, -0.25) is 4.68 Å². The topological polar surface area (TPSA) is 64.4 Å². The van der Waals surface area contributed by atoms with Crippen molar-refractivity contribution in [2.24, 2.45) is 0 Å². The fourth-order valence-corrected chi connectivity index (χ4v) is 1.77. The minimum absolute atomic E-state index is 0.116. The van der Waals surface area contributed by atoms with Gasteiger partial charge in [-0.15, -0.1) is 0 Å². The van der Waals surface area contributed by atoms with E-state index in [1.165, 1.54) is 0 Å². The third kappa shape index (κ3) is 2.59. The van der Waals surface area contributed by atoms with E-state index < -0.39 is 5.97 Å². The third-order valence-corrected chi connectivity index (χ3v) is 2.85. The zero-order chi connectivity index (χ0) is 14.0. The van der Waals surface area contributed by atoms with Crippen LogP contribution in [0.3, 0.4) is 0 Å². The average molecular weight is 260 g/mol. The Morgan fingerprint density at radius 3 is 2.42 bits per heavy atom. The van der Waals surface area contributed by atoms with E-state index in [1.54, 1.807) is 42.3 Å². The molecular formula is C14H16N2O3. The van der Waals surface area contributed by atoms with Gasteiger partial charge < -0.3 is 9.84 Å². The maximum absolute atomic E-state index is 11.3. The largest absolute Gasteiger partial charge is 0.497 e. The standard InChI is InChI=1S/C14H16N2O3/c1-9(2)16-8-12(14(17)18)13(15-16)10-4-6-11(19-3)7-5-10/h4-9H,1-3H3,(H,17,18). The van der Waals surface area contributed by atoms with Gasteiger partial charge in [-0.25, -0.2) is 4.79 Å². The maximum atomic E-state index is 11.3. The lowest BCUT2D eigenvalue weighted by molar-refractivity contribution is 0.0697. The molecule has 0 aliphatic carbocycles. The number of carbonyl (C=O) groups is 1. The number of rotatable bonds is 4. The van der Waals surface area contributed by atoms with Gasteiger partial charge >= 0.3 is 5.97 Å². The maximum Gasteiger partial charge on any atom is 0.339 e. The summed E-state index contributed by atoms with van der Waals surface area (Å²) in [6, 6.07) is 7.30. The highest BCUT2D eigenvalue weighted by Crippen LogP contribution is 2.25. The lowest BCUT2D eigenvalue weighted by Crippen LogP contribution is -2.00. The van der Waals surface area contributed by atoms with Crippen LogP contribution in [0.15, 0.2) is 30.5 Å². The molecule has 5 heteroatoms. The first-order valence-electron chi connectivity index (χ1n) is 5.99. The number of aromatic carboxylic acids is 1. The number of ether oxygens (including phenoxy) is 1. The molecule has 0 aliphatic heterocycles. The highest BCUT2D eigenvalue weighted by molar-refractivity contribution is 5.94. The normalized spacial score (nSPS) is 10.7. The first-order valence-corrected chi connectivity index (χ1v) is 5.99. The van der Waals surface area contributed by atoms with Crippen molar-refractivity contribution >= 4 is 5.97 Å². The monoisotopic (exact) mass is 260 g/mol. The quantitative estimate of drug-likeness (QED) is 0.918. The number of aromatic nitrogens is 2. The molecule has 0 radical (unpaired) electrons. The minimum atomic E-state index is -0.974. The molecule has 0 atom stereocenters. The number of hydrogen-bond acceptors (Lipinski definition) is 3. The first-order chi connectivity index (χ1) is 9.02. The summed E-state index contributed by atoms with van der Waals surface area (Å²) in [7, 11) is 1.59. The highest BCUT2D eigenvalue weighted by Gasteiger charge is 2.18. The van der Waals surface area contributed by atoms with Crippen molar-refractivity contribution < 1.29 is 14.6 Å². The van der Waals surface area contributed by atoms with Crippen molar-refractivity contribution in [2.75, 3.05) is 7.11 Å². The van der Waals surface area contributed by atoms with Gasteiger partial charge in [0, 0.05) is 17.8 Å². The van der Waals surface area contributed by atoms with Crippen LogP contribution in [0.2, 0.25) is 0 Å². The van der Waals surface area contributed by atoms with Crippen molar-refractivity contribution in [3.05, 3.63) is 36.0 Å². The molecule has 2 aromatic rings. The molecule has 0 saturated heterocycles. The van der Waals surface area contributed by atoms with E-state index in [4.69, 9.17) is 4.74 Å². The van der Waals surface area contributed by atoms with Gasteiger partial charge in [0.15, 0.2) is 0 Å². The van der Waals surface area contributed by atoms with Crippen LogP contribution in [0.25, 0.3) is 11.3 Å². The fourth-order valence-electron chi connectivity index (χ4n) is 1.77. The van der Waals surface area contributed by atoms with E-state index in [-0.39, 0.29) is 11.6 Å². The molecule has 0 amide bonds. The number of nitrogens with zero attached hydrogens (tertiary/aromatic N) is 2. The predicted molar refractivity (Wildman–Crippen MR) is 71.6 cm³/mol. The lowest BCUT2D eigenvalue weighted by Gasteiger charge is -2.04. The Hall–Kier alpha value is -2.30. The summed E-state index contributed by atoms with van der Waals surface area (Å²) in [6.45, 7) is 3.91. The van der Waals surface area contributed by atoms with E-state index in [2.05, 4.69) is 5.10 Å². The molecule has 0 aliphatic rings. The Morgan fingerprint density at radius 1 is 1.32 bits per heavy atom. The number of carboxylic acid groups (broad SMARTS) is 1. The van der Waals surface area contributed by atoms with Crippen molar-refractivity contribution in [1.29, 1.82) is 0 Å². The molecule has 0 saturated carbocycles. The first kappa shape index (κ1) is 13.1. The van der Waals surface area contributed by atoms with Gasteiger partial charge in [-0.1, -0.05) is 0 Å². The molecule has 100 valence electrons. The summed E-state index contributed by atoms with van der Waals surface area (Å²) in [5.41, 5.74) is 1.44. The van der Waals surface area contributed by atoms with Gasteiger partial charge in [0.25, 0.3) is 0 Å². The highest BCUT2D eigenvalue weighted by atomic mass is 16.5. The van der Waals surface area contributed by atoms with E-state index in [0.29, 0.717) is 5.69 Å². The predicted octanol–water partition coefficient (Wildman–Crippen LogP) is 2.84.